The zero-order valence-corrected chi connectivity index (χ0v) is 18.0. The molecule has 0 unspecified atom stereocenters. The van der Waals surface area contributed by atoms with E-state index in [0.29, 0.717) is 18.5 Å². The van der Waals surface area contributed by atoms with Gasteiger partial charge in [-0.2, -0.15) is 0 Å². The van der Waals surface area contributed by atoms with Crippen molar-refractivity contribution in [3.8, 4) is 0 Å². The second kappa shape index (κ2) is 8.18. The van der Waals surface area contributed by atoms with Crippen molar-refractivity contribution in [2.45, 2.75) is 52.7 Å². The molecular formula is C21H27NO6S. The Hall–Kier alpha value is -2.35. The first-order chi connectivity index (χ1) is 13.6. The first-order valence-electron chi connectivity index (χ1n) is 9.79. The number of ether oxygens (including phenoxy) is 1. The van der Waals surface area contributed by atoms with Gasteiger partial charge in [-0.15, -0.1) is 0 Å². The summed E-state index contributed by atoms with van der Waals surface area (Å²) in [5, 5.41) is 0.857. The van der Waals surface area contributed by atoms with Gasteiger partial charge < -0.3 is 14.1 Å². The molecule has 2 atom stereocenters. The smallest absolute Gasteiger partial charge is 0.311 e. The quantitative estimate of drug-likeness (QED) is 0.666. The molecule has 7 nitrogen and oxygen atoms in total. The largest absolute Gasteiger partial charge is 0.464 e. The van der Waals surface area contributed by atoms with Crippen molar-refractivity contribution in [2.75, 3.05) is 18.1 Å². The summed E-state index contributed by atoms with van der Waals surface area (Å²) in [5.41, 5.74) is 3.59. The van der Waals surface area contributed by atoms with Crippen LogP contribution >= 0.6 is 0 Å². The summed E-state index contributed by atoms with van der Waals surface area (Å²) >= 11 is 0. The highest BCUT2D eigenvalue weighted by molar-refractivity contribution is 7.91. The maximum atomic E-state index is 12.7. The number of esters is 1. The number of carbonyl (C=O) groups excluding carboxylic acids is 2. The van der Waals surface area contributed by atoms with Gasteiger partial charge in [0.2, 0.25) is 0 Å². The lowest BCUT2D eigenvalue weighted by Crippen LogP contribution is -2.46. The third-order valence-electron chi connectivity index (χ3n) is 5.61. The minimum Gasteiger partial charge on any atom is -0.464 e. The van der Waals surface area contributed by atoms with Gasteiger partial charge in [0.05, 0.1) is 24.2 Å². The number of sulfone groups is 1. The van der Waals surface area contributed by atoms with E-state index in [0.717, 1.165) is 22.1 Å². The van der Waals surface area contributed by atoms with E-state index in [4.69, 9.17) is 9.15 Å². The van der Waals surface area contributed by atoms with Crippen molar-refractivity contribution in [2.24, 2.45) is 0 Å². The Kier molecular flexibility index (Phi) is 6.03. The summed E-state index contributed by atoms with van der Waals surface area (Å²) < 4.78 is 34.4. The normalized spacial score (nSPS) is 19.2. The van der Waals surface area contributed by atoms with Crippen LogP contribution in [0, 0.1) is 13.8 Å². The Morgan fingerprint density at radius 3 is 2.66 bits per heavy atom. The summed E-state index contributed by atoms with van der Waals surface area (Å²) in [5.74, 6) is -0.844. The van der Waals surface area contributed by atoms with E-state index >= 15 is 0 Å². The van der Waals surface area contributed by atoms with Crippen LogP contribution in [0.3, 0.4) is 0 Å². The van der Waals surface area contributed by atoms with Crippen molar-refractivity contribution in [3.05, 3.63) is 35.1 Å². The molecule has 1 aromatic heterocycles. The molecule has 1 amide bonds. The van der Waals surface area contributed by atoms with Gasteiger partial charge in [0.15, 0.2) is 15.9 Å². The Morgan fingerprint density at radius 1 is 1.31 bits per heavy atom. The Morgan fingerprint density at radius 2 is 2.03 bits per heavy atom. The van der Waals surface area contributed by atoms with E-state index in [1.807, 2.05) is 26.0 Å². The molecule has 2 heterocycles. The van der Waals surface area contributed by atoms with Gasteiger partial charge in [-0.25, -0.2) is 8.42 Å². The predicted octanol–water partition coefficient (Wildman–Crippen LogP) is 2.56. The van der Waals surface area contributed by atoms with Gasteiger partial charge in [0.1, 0.15) is 5.58 Å². The number of hydrogen-bond acceptors (Lipinski definition) is 6. The molecule has 1 fully saturated rings. The number of hydrogen-bond donors (Lipinski definition) is 0. The average molecular weight is 422 g/mol. The lowest BCUT2D eigenvalue weighted by Gasteiger charge is -2.29. The number of aryl methyl sites for hydroxylation is 2. The van der Waals surface area contributed by atoms with Crippen LogP contribution in [0.25, 0.3) is 11.0 Å². The molecule has 158 valence electrons. The van der Waals surface area contributed by atoms with Crippen LogP contribution in [0.15, 0.2) is 22.8 Å². The van der Waals surface area contributed by atoms with Gasteiger partial charge >= 0.3 is 5.97 Å². The first kappa shape index (κ1) is 21.4. The van der Waals surface area contributed by atoms with Crippen LogP contribution in [0.5, 0.6) is 0 Å². The van der Waals surface area contributed by atoms with Crippen LogP contribution in [-0.4, -0.2) is 55.4 Å². The van der Waals surface area contributed by atoms with Crippen molar-refractivity contribution < 1.29 is 27.2 Å². The minimum atomic E-state index is -3.11. The molecule has 0 bridgehead atoms. The van der Waals surface area contributed by atoms with Gasteiger partial charge in [-0.3, -0.25) is 9.59 Å². The average Bonchev–Trinajstić information content (AvgIpc) is 3.22. The number of likely N-dealkylation sites (N-methyl/N-ethyl adjacent to an activating group) is 1. The highest BCUT2D eigenvalue weighted by atomic mass is 32.2. The Bertz CT molecular complexity index is 1040. The van der Waals surface area contributed by atoms with Gasteiger partial charge in [-0.1, -0.05) is 12.1 Å². The molecule has 0 N–H and O–H groups in total. The zero-order valence-electron chi connectivity index (χ0n) is 17.2. The van der Waals surface area contributed by atoms with E-state index in [-0.39, 0.29) is 29.9 Å². The lowest BCUT2D eigenvalue weighted by molar-refractivity contribution is -0.159. The van der Waals surface area contributed by atoms with Crippen LogP contribution in [0.1, 0.15) is 37.0 Å². The number of nitrogens with zero attached hydrogens (tertiary/aromatic N) is 1. The van der Waals surface area contributed by atoms with E-state index in [1.54, 1.807) is 13.2 Å². The standard InChI is InChI=1S/C21H27NO6S/c1-5-22(17-8-9-29(25,26)12-17)21(24)15(4)28-19(23)10-16-11-27-20-14(3)13(2)6-7-18(16)20/h6-7,11,15,17H,5,8-10,12H2,1-4H3/t15-,17+/m1/s1. The zero-order chi connectivity index (χ0) is 21.3. The van der Waals surface area contributed by atoms with Crippen molar-refractivity contribution in [1.29, 1.82) is 0 Å². The monoisotopic (exact) mass is 421 g/mol. The number of rotatable bonds is 6. The molecule has 0 saturated carbocycles. The second-order valence-electron chi connectivity index (χ2n) is 7.64. The summed E-state index contributed by atoms with van der Waals surface area (Å²) in [6.07, 6.45) is 0.985. The third kappa shape index (κ3) is 4.47. The second-order valence-corrected chi connectivity index (χ2v) is 9.86. The van der Waals surface area contributed by atoms with Gasteiger partial charge in [0, 0.05) is 23.5 Å². The molecule has 0 radical (unpaired) electrons. The molecule has 0 spiro atoms. The summed E-state index contributed by atoms with van der Waals surface area (Å²) in [4.78, 5) is 26.7. The van der Waals surface area contributed by atoms with E-state index in [1.165, 1.54) is 11.8 Å². The predicted molar refractivity (Wildman–Crippen MR) is 109 cm³/mol. The van der Waals surface area contributed by atoms with Crippen molar-refractivity contribution in [1.82, 2.24) is 4.90 Å². The highest BCUT2D eigenvalue weighted by Crippen LogP contribution is 2.27. The summed E-state index contributed by atoms with van der Waals surface area (Å²) in [6.45, 7) is 7.64. The van der Waals surface area contributed by atoms with Crippen molar-refractivity contribution in [3.63, 3.8) is 0 Å². The van der Waals surface area contributed by atoms with E-state index < -0.39 is 21.9 Å². The SMILES string of the molecule is CCN(C(=O)[C@@H](C)OC(=O)Cc1coc2c(C)c(C)ccc12)[C@H]1CCS(=O)(=O)C1. The molecule has 3 rings (SSSR count). The number of fused-ring (bicyclic) bond motifs is 1. The molecule has 8 heteroatoms. The van der Waals surface area contributed by atoms with Crippen molar-refractivity contribution >= 4 is 32.7 Å². The topological polar surface area (TPSA) is 93.9 Å². The first-order valence-corrected chi connectivity index (χ1v) is 11.6. The lowest BCUT2D eigenvalue weighted by atomic mass is 10.0. The van der Waals surface area contributed by atoms with Crippen LogP contribution in [0.4, 0.5) is 0 Å². The molecule has 29 heavy (non-hydrogen) atoms. The van der Waals surface area contributed by atoms with E-state index in [9.17, 15) is 18.0 Å². The Balaban J connectivity index is 1.66. The maximum Gasteiger partial charge on any atom is 0.311 e. The summed E-state index contributed by atoms with van der Waals surface area (Å²) in [7, 11) is -3.11. The molecular weight excluding hydrogens is 394 g/mol. The fourth-order valence-electron chi connectivity index (χ4n) is 3.82. The number of furan rings is 1. The van der Waals surface area contributed by atoms with Crippen LogP contribution in [0.2, 0.25) is 0 Å². The summed E-state index contributed by atoms with van der Waals surface area (Å²) in [6, 6.07) is 3.53. The molecule has 0 aliphatic carbocycles. The number of benzene rings is 1. The fraction of sp³-hybridized carbons (Fsp3) is 0.524. The highest BCUT2D eigenvalue weighted by Gasteiger charge is 2.36. The molecule has 1 aliphatic heterocycles. The van der Waals surface area contributed by atoms with E-state index in [2.05, 4.69) is 0 Å². The molecule has 1 aromatic carbocycles. The van der Waals surface area contributed by atoms with Gasteiger partial charge in [-0.05, 0) is 45.2 Å². The number of amides is 1. The van der Waals surface area contributed by atoms with Gasteiger partial charge in [0.25, 0.3) is 5.91 Å². The number of carbonyl (C=O) groups is 2. The Labute approximate surface area is 170 Å². The molecule has 2 aromatic rings. The minimum absolute atomic E-state index is 0.00292. The van der Waals surface area contributed by atoms with Crippen LogP contribution < -0.4 is 0 Å². The third-order valence-corrected chi connectivity index (χ3v) is 7.36. The maximum absolute atomic E-state index is 12.7. The fourth-order valence-corrected chi connectivity index (χ4v) is 5.55. The van der Waals surface area contributed by atoms with Crippen LogP contribution in [-0.2, 0) is 30.6 Å². The molecule has 1 aliphatic rings. The molecule has 1 saturated heterocycles.